The molecule has 4 rings (SSSR count). The molecule has 0 bridgehead atoms. The Hall–Kier alpha value is -3.22. The first-order chi connectivity index (χ1) is 20.1. The van der Waals surface area contributed by atoms with Crippen LogP contribution in [0.1, 0.15) is 67.6 Å². The standard InChI is InChI=1S/C29H38Cl2F2N8O2/c1-6-24(42)40-12-16(13-40)37-28(43)25-26(31)38-23(41(25)21-7-8-39(15(21)2)14-22(32)33)11-36-27(35)17-9-18(29(3,4)5)19(30)10-20(17)34/h6,9-10,15-16,21-22H,1,7-8,11-14,34H2,2-5H3,(H2,35,36)(H,37,43)/t15-,21?/m0/s1. The summed E-state index contributed by atoms with van der Waals surface area (Å²) < 4.78 is 28.3. The van der Waals surface area contributed by atoms with E-state index >= 15 is 0 Å². The van der Waals surface area contributed by atoms with Crippen LogP contribution in [0.5, 0.6) is 0 Å². The molecule has 0 saturated carbocycles. The highest BCUT2D eigenvalue weighted by molar-refractivity contribution is 6.32. The van der Waals surface area contributed by atoms with Gasteiger partial charge in [-0.15, -0.1) is 0 Å². The zero-order chi connectivity index (χ0) is 31.8. The highest BCUT2D eigenvalue weighted by atomic mass is 35.5. The van der Waals surface area contributed by atoms with E-state index in [0.29, 0.717) is 48.2 Å². The average Bonchev–Trinajstić information content (AvgIpc) is 3.40. The van der Waals surface area contributed by atoms with Crippen LogP contribution in [0.3, 0.4) is 0 Å². The maximum absolute atomic E-state index is 13.5. The Balaban J connectivity index is 1.62. The van der Waals surface area contributed by atoms with E-state index < -0.39 is 12.3 Å². The predicted octanol–water partition coefficient (Wildman–Crippen LogP) is 4.21. The number of carbonyl (C=O) groups excluding carboxylic acids is 2. The number of imidazole rings is 1. The van der Waals surface area contributed by atoms with Gasteiger partial charge in [0.05, 0.1) is 25.2 Å². The number of hydrogen-bond donors (Lipinski definition) is 4. The molecule has 2 amide bonds. The van der Waals surface area contributed by atoms with Gasteiger partial charge >= 0.3 is 0 Å². The molecule has 1 aromatic carbocycles. The fourth-order valence-corrected chi connectivity index (χ4v) is 6.40. The molecule has 10 nitrogen and oxygen atoms in total. The Morgan fingerprint density at radius 1 is 1.28 bits per heavy atom. The third kappa shape index (κ3) is 6.97. The van der Waals surface area contributed by atoms with Crippen molar-refractivity contribution in [2.45, 2.75) is 70.6 Å². The number of alkyl halides is 2. The average molecular weight is 640 g/mol. The molecule has 1 aromatic heterocycles. The van der Waals surface area contributed by atoms with Crippen LogP contribution in [-0.2, 0) is 16.8 Å². The maximum Gasteiger partial charge on any atom is 0.271 e. The van der Waals surface area contributed by atoms with Crippen molar-refractivity contribution in [2.75, 3.05) is 31.9 Å². The van der Waals surface area contributed by atoms with Gasteiger partial charge < -0.3 is 25.8 Å². The second kappa shape index (κ2) is 12.8. The van der Waals surface area contributed by atoms with Gasteiger partial charge in [0.15, 0.2) is 5.15 Å². The maximum atomic E-state index is 13.5. The Labute approximate surface area is 260 Å². The van der Waals surface area contributed by atoms with Crippen molar-refractivity contribution < 1.29 is 18.4 Å². The predicted molar refractivity (Wildman–Crippen MR) is 164 cm³/mol. The summed E-state index contributed by atoms with van der Waals surface area (Å²) in [7, 11) is 0. The van der Waals surface area contributed by atoms with Crippen molar-refractivity contribution in [2.24, 2.45) is 0 Å². The number of nitrogen functional groups attached to an aromatic ring is 1. The molecular formula is C29H38Cl2F2N8O2. The molecule has 2 atom stereocenters. The number of halogens is 4. The highest BCUT2D eigenvalue weighted by Gasteiger charge is 2.39. The van der Waals surface area contributed by atoms with E-state index in [1.165, 1.54) is 6.08 Å². The lowest BCUT2D eigenvalue weighted by atomic mass is 9.85. The zero-order valence-corrected chi connectivity index (χ0v) is 26.2. The first-order valence-electron chi connectivity index (χ1n) is 14.1. The lowest BCUT2D eigenvalue weighted by Crippen LogP contribution is -2.60. The van der Waals surface area contributed by atoms with Gasteiger partial charge in [-0.05, 0) is 42.5 Å². The summed E-state index contributed by atoms with van der Waals surface area (Å²) in [6, 6.07) is 2.40. The third-order valence-corrected chi connectivity index (χ3v) is 8.62. The monoisotopic (exact) mass is 638 g/mol. The quantitative estimate of drug-likeness (QED) is 0.141. The van der Waals surface area contributed by atoms with Crippen molar-refractivity contribution in [1.29, 1.82) is 5.41 Å². The number of nitrogens with zero attached hydrogens (tertiary/aromatic N) is 4. The number of hydrogen-bond acceptors (Lipinski definition) is 6. The lowest BCUT2D eigenvalue weighted by molar-refractivity contribution is -0.130. The first-order valence-corrected chi connectivity index (χ1v) is 14.8. The Kier molecular flexibility index (Phi) is 9.72. The van der Waals surface area contributed by atoms with Crippen molar-refractivity contribution in [3.05, 3.63) is 57.6 Å². The fourth-order valence-electron chi connectivity index (χ4n) is 5.67. The van der Waals surface area contributed by atoms with Crippen LogP contribution in [0.25, 0.3) is 0 Å². The van der Waals surface area contributed by atoms with E-state index in [4.69, 9.17) is 34.3 Å². The molecule has 2 fully saturated rings. The van der Waals surface area contributed by atoms with Crippen LogP contribution < -0.4 is 16.4 Å². The molecule has 2 aromatic rings. The Morgan fingerprint density at radius 3 is 2.56 bits per heavy atom. The number of anilines is 1. The van der Waals surface area contributed by atoms with E-state index in [1.807, 2.05) is 27.7 Å². The van der Waals surface area contributed by atoms with Gasteiger partial charge in [0.1, 0.15) is 17.4 Å². The van der Waals surface area contributed by atoms with Gasteiger partial charge in [-0.25, -0.2) is 13.8 Å². The number of amides is 2. The highest BCUT2D eigenvalue weighted by Crippen LogP contribution is 2.35. The lowest BCUT2D eigenvalue weighted by Gasteiger charge is -2.39. The number of nitrogens with two attached hydrogens (primary N) is 1. The van der Waals surface area contributed by atoms with Crippen molar-refractivity contribution in [3.63, 3.8) is 0 Å². The largest absolute Gasteiger partial charge is 0.398 e. The Morgan fingerprint density at radius 2 is 1.95 bits per heavy atom. The molecule has 1 unspecified atom stereocenters. The van der Waals surface area contributed by atoms with Crippen molar-refractivity contribution in [3.8, 4) is 0 Å². The smallest absolute Gasteiger partial charge is 0.271 e. The summed E-state index contributed by atoms with van der Waals surface area (Å²) in [6.07, 6.45) is -0.788. The SMILES string of the molecule is C=CC(=O)N1CC(NC(=O)c2c(Cl)nc(CNC(=N)c3cc(C(C)(C)C)c(Cl)cc3N)n2C2CCN(CC(F)F)[C@H]2C)C1. The molecule has 0 radical (unpaired) electrons. The number of benzene rings is 1. The van der Waals surface area contributed by atoms with Crippen LogP contribution in [-0.4, -0.2) is 81.7 Å². The van der Waals surface area contributed by atoms with Crippen molar-refractivity contribution in [1.82, 2.24) is 30.0 Å². The number of nitrogens with one attached hydrogen (secondary N) is 3. The third-order valence-electron chi connectivity index (χ3n) is 8.05. The molecule has 3 heterocycles. The van der Waals surface area contributed by atoms with Crippen LogP contribution in [0.15, 0.2) is 24.8 Å². The van der Waals surface area contributed by atoms with Gasteiger partial charge in [-0.1, -0.05) is 50.6 Å². The molecule has 2 aliphatic rings. The van der Waals surface area contributed by atoms with Crippen LogP contribution in [0, 0.1) is 5.41 Å². The molecule has 0 spiro atoms. The summed E-state index contributed by atoms with van der Waals surface area (Å²) in [5, 5.41) is 15.2. The fraction of sp³-hybridized carbons (Fsp3) is 0.517. The topological polar surface area (TPSA) is 132 Å². The molecule has 0 aliphatic carbocycles. The van der Waals surface area contributed by atoms with E-state index in [2.05, 4.69) is 22.2 Å². The second-order valence-electron chi connectivity index (χ2n) is 12.0. The van der Waals surface area contributed by atoms with Gasteiger partial charge in [0.2, 0.25) is 5.91 Å². The van der Waals surface area contributed by atoms with Gasteiger partial charge in [0.25, 0.3) is 12.3 Å². The molecule has 43 heavy (non-hydrogen) atoms. The molecule has 2 aliphatic heterocycles. The first kappa shape index (κ1) is 32.7. The zero-order valence-electron chi connectivity index (χ0n) is 24.7. The van der Waals surface area contributed by atoms with Gasteiger partial charge in [-0.3, -0.25) is 19.9 Å². The minimum atomic E-state index is -2.50. The molecule has 2 saturated heterocycles. The van der Waals surface area contributed by atoms with Gasteiger partial charge in [0, 0.05) is 41.9 Å². The number of rotatable bonds is 9. The van der Waals surface area contributed by atoms with E-state index in [9.17, 15) is 18.4 Å². The van der Waals surface area contributed by atoms with Crippen LogP contribution in [0.4, 0.5) is 14.5 Å². The number of carbonyl (C=O) groups is 2. The van der Waals surface area contributed by atoms with Crippen LogP contribution in [0.2, 0.25) is 10.2 Å². The normalized spacial score (nSPS) is 19.4. The molecule has 234 valence electrons. The molecular weight excluding hydrogens is 601 g/mol. The molecule has 5 N–H and O–H groups in total. The van der Waals surface area contributed by atoms with E-state index in [1.54, 1.807) is 26.5 Å². The summed E-state index contributed by atoms with van der Waals surface area (Å²) in [6.45, 7) is 12.0. The van der Waals surface area contributed by atoms with Crippen LogP contribution >= 0.6 is 23.2 Å². The van der Waals surface area contributed by atoms with E-state index in [0.717, 1.165) is 5.56 Å². The second-order valence-corrected chi connectivity index (χ2v) is 12.8. The number of likely N-dealkylation sites (tertiary alicyclic amines) is 2. The summed E-state index contributed by atoms with van der Waals surface area (Å²) in [4.78, 5) is 33.1. The minimum Gasteiger partial charge on any atom is -0.398 e. The number of aromatic nitrogens is 2. The Bertz CT molecular complexity index is 1420. The summed E-state index contributed by atoms with van der Waals surface area (Å²) in [5.74, 6) is -0.307. The minimum absolute atomic E-state index is 0.0157. The van der Waals surface area contributed by atoms with E-state index in [-0.39, 0.29) is 59.2 Å². The summed E-state index contributed by atoms with van der Waals surface area (Å²) in [5.41, 5.74) is 7.65. The van der Waals surface area contributed by atoms with Gasteiger partial charge in [-0.2, -0.15) is 0 Å². The van der Waals surface area contributed by atoms with Crippen molar-refractivity contribution >= 4 is 46.5 Å². The molecule has 14 heteroatoms. The number of amidine groups is 1. The summed E-state index contributed by atoms with van der Waals surface area (Å²) >= 11 is 13.0.